The third-order valence-corrected chi connectivity index (χ3v) is 9.38. The number of esters is 1. The Bertz CT molecular complexity index is 768. The molecule has 48 heavy (non-hydrogen) atoms. The molecule has 1 unspecified atom stereocenters. The van der Waals surface area contributed by atoms with Crippen LogP contribution in [0.3, 0.4) is 0 Å². The molecule has 0 aromatic carbocycles. The van der Waals surface area contributed by atoms with E-state index in [0.717, 1.165) is 70.6 Å². The van der Waals surface area contributed by atoms with Gasteiger partial charge >= 0.3 is 11.9 Å². The predicted molar refractivity (Wildman–Crippen MR) is 209 cm³/mol. The molecular formula is C44H80O4. The second-order valence-electron chi connectivity index (χ2n) is 14.2. The average molecular weight is 673 g/mol. The molecule has 0 radical (unpaired) electrons. The van der Waals surface area contributed by atoms with Gasteiger partial charge in [-0.25, -0.2) is 0 Å². The first kappa shape index (κ1) is 46.2. The van der Waals surface area contributed by atoms with E-state index >= 15 is 0 Å². The monoisotopic (exact) mass is 673 g/mol. The highest BCUT2D eigenvalue weighted by molar-refractivity contribution is 5.69. The van der Waals surface area contributed by atoms with Crippen molar-refractivity contribution in [2.75, 3.05) is 0 Å². The van der Waals surface area contributed by atoms with E-state index in [1.807, 2.05) is 0 Å². The van der Waals surface area contributed by atoms with Gasteiger partial charge < -0.3 is 9.84 Å². The molecule has 0 aromatic heterocycles. The molecule has 0 saturated carbocycles. The van der Waals surface area contributed by atoms with Gasteiger partial charge in [-0.1, -0.05) is 179 Å². The fraction of sp³-hybridized carbons (Fsp3) is 0.818. The Balaban J connectivity index is 3.96. The zero-order valence-corrected chi connectivity index (χ0v) is 32.0. The van der Waals surface area contributed by atoms with E-state index < -0.39 is 5.97 Å². The molecule has 1 N–H and O–H groups in total. The highest BCUT2D eigenvalue weighted by Gasteiger charge is 2.14. The summed E-state index contributed by atoms with van der Waals surface area (Å²) in [6.45, 7) is 4.44. The molecule has 0 saturated heterocycles. The van der Waals surface area contributed by atoms with E-state index in [9.17, 15) is 9.59 Å². The number of carbonyl (C=O) groups excluding carboxylic acids is 1. The van der Waals surface area contributed by atoms with Crippen molar-refractivity contribution in [3.63, 3.8) is 0 Å². The minimum atomic E-state index is -0.681. The first-order chi connectivity index (χ1) is 23.6. The van der Waals surface area contributed by atoms with Crippen LogP contribution in [0.1, 0.15) is 226 Å². The number of carbonyl (C=O) groups is 2. The average Bonchev–Trinajstić information content (AvgIpc) is 3.07. The molecule has 0 heterocycles. The van der Waals surface area contributed by atoms with Crippen LogP contribution < -0.4 is 0 Å². The lowest BCUT2D eigenvalue weighted by Crippen LogP contribution is -2.18. The van der Waals surface area contributed by atoms with E-state index in [1.165, 1.54) is 128 Å². The van der Waals surface area contributed by atoms with Gasteiger partial charge in [0.05, 0.1) is 0 Å². The van der Waals surface area contributed by atoms with Gasteiger partial charge in [-0.2, -0.15) is 0 Å². The normalized spacial score (nSPS) is 12.5. The molecule has 0 amide bonds. The van der Waals surface area contributed by atoms with Crippen LogP contribution in [0.4, 0.5) is 0 Å². The van der Waals surface area contributed by atoms with Gasteiger partial charge in [0.1, 0.15) is 6.10 Å². The van der Waals surface area contributed by atoms with Crippen LogP contribution >= 0.6 is 0 Å². The second-order valence-corrected chi connectivity index (χ2v) is 14.2. The van der Waals surface area contributed by atoms with E-state index in [-0.39, 0.29) is 12.1 Å². The molecule has 0 aliphatic heterocycles. The molecule has 0 aliphatic rings. The molecule has 0 spiro atoms. The lowest BCUT2D eigenvalue weighted by atomic mass is 10.0. The van der Waals surface area contributed by atoms with Crippen LogP contribution in [-0.2, 0) is 14.3 Å². The number of hydrogen-bond donors (Lipinski definition) is 1. The van der Waals surface area contributed by atoms with Crippen molar-refractivity contribution in [3.05, 3.63) is 36.5 Å². The molecule has 0 rings (SSSR count). The molecule has 0 aromatic rings. The Morgan fingerprint density at radius 1 is 0.479 bits per heavy atom. The molecule has 4 nitrogen and oxygen atoms in total. The zero-order valence-electron chi connectivity index (χ0n) is 32.0. The summed E-state index contributed by atoms with van der Waals surface area (Å²) in [7, 11) is 0. The van der Waals surface area contributed by atoms with Gasteiger partial charge in [-0.3, -0.25) is 9.59 Å². The number of carboxylic acids is 1. The number of rotatable bonds is 38. The van der Waals surface area contributed by atoms with Crippen LogP contribution in [0, 0.1) is 0 Å². The minimum absolute atomic E-state index is 0.0233. The summed E-state index contributed by atoms with van der Waals surface area (Å²) in [5, 5.41) is 8.75. The summed E-state index contributed by atoms with van der Waals surface area (Å²) >= 11 is 0. The van der Waals surface area contributed by atoms with Gasteiger partial charge in [0.15, 0.2) is 0 Å². The maximum Gasteiger partial charge on any atom is 0.306 e. The Kier molecular flexibility index (Phi) is 38.1. The van der Waals surface area contributed by atoms with Gasteiger partial charge in [0.25, 0.3) is 0 Å². The number of aliphatic carboxylic acids is 1. The maximum atomic E-state index is 12.7. The third-order valence-electron chi connectivity index (χ3n) is 9.38. The van der Waals surface area contributed by atoms with Crippen LogP contribution in [0.25, 0.3) is 0 Å². The van der Waals surface area contributed by atoms with Crippen molar-refractivity contribution < 1.29 is 19.4 Å². The number of unbranched alkanes of at least 4 members (excludes halogenated alkanes) is 23. The quantitative estimate of drug-likeness (QED) is 0.0403. The largest absolute Gasteiger partial charge is 0.481 e. The molecule has 1 atom stereocenters. The summed E-state index contributed by atoms with van der Waals surface area (Å²) in [6.07, 6.45) is 51.8. The van der Waals surface area contributed by atoms with E-state index in [0.29, 0.717) is 12.8 Å². The van der Waals surface area contributed by atoms with Crippen molar-refractivity contribution in [2.24, 2.45) is 0 Å². The highest BCUT2D eigenvalue weighted by atomic mass is 16.5. The molecule has 4 heteroatoms. The Hall–Kier alpha value is -1.84. The summed E-state index contributed by atoms with van der Waals surface area (Å²) in [5.74, 6) is -0.658. The predicted octanol–water partition coefficient (Wildman–Crippen LogP) is 14.6. The summed E-state index contributed by atoms with van der Waals surface area (Å²) in [5.41, 5.74) is 0. The maximum absolute atomic E-state index is 12.7. The topological polar surface area (TPSA) is 63.6 Å². The van der Waals surface area contributed by atoms with Crippen molar-refractivity contribution in [1.82, 2.24) is 0 Å². The second kappa shape index (κ2) is 39.6. The van der Waals surface area contributed by atoms with Gasteiger partial charge in [0.2, 0.25) is 0 Å². The SMILES string of the molecule is CC/C=C\C/C=C\C/C=C\CCCCCCCCCCCC(=O)OC(CCCCCCCCCC)CCCCCCCCCCC(=O)O. The Morgan fingerprint density at radius 2 is 0.875 bits per heavy atom. The Labute approximate surface area is 299 Å². The lowest BCUT2D eigenvalue weighted by Gasteiger charge is -2.18. The van der Waals surface area contributed by atoms with Crippen LogP contribution in [0.15, 0.2) is 36.5 Å². The van der Waals surface area contributed by atoms with Crippen molar-refractivity contribution in [3.8, 4) is 0 Å². The highest BCUT2D eigenvalue weighted by Crippen LogP contribution is 2.19. The number of carboxylic acid groups (broad SMARTS) is 1. The van der Waals surface area contributed by atoms with Crippen LogP contribution in [0.2, 0.25) is 0 Å². The zero-order chi connectivity index (χ0) is 35.0. The first-order valence-corrected chi connectivity index (χ1v) is 21.0. The number of ether oxygens (including phenoxy) is 1. The van der Waals surface area contributed by atoms with Crippen LogP contribution in [0.5, 0.6) is 0 Å². The smallest absolute Gasteiger partial charge is 0.306 e. The summed E-state index contributed by atoms with van der Waals surface area (Å²) < 4.78 is 6.04. The molecule has 0 bridgehead atoms. The van der Waals surface area contributed by atoms with Crippen molar-refractivity contribution in [1.29, 1.82) is 0 Å². The summed E-state index contributed by atoms with van der Waals surface area (Å²) in [6, 6.07) is 0. The Morgan fingerprint density at radius 3 is 1.35 bits per heavy atom. The molecule has 0 fully saturated rings. The van der Waals surface area contributed by atoms with Gasteiger partial charge in [-0.05, 0) is 70.6 Å². The minimum Gasteiger partial charge on any atom is -0.481 e. The van der Waals surface area contributed by atoms with E-state index in [4.69, 9.17) is 9.84 Å². The van der Waals surface area contributed by atoms with Crippen molar-refractivity contribution >= 4 is 11.9 Å². The fourth-order valence-electron chi connectivity index (χ4n) is 6.32. The molecular weight excluding hydrogens is 592 g/mol. The number of hydrogen-bond acceptors (Lipinski definition) is 3. The van der Waals surface area contributed by atoms with Gasteiger partial charge in [0, 0.05) is 12.8 Å². The molecule has 0 aliphatic carbocycles. The third kappa shape index (κ3) is 38.6. The fourth-order valence-corrected chi connectivity index (χ4v) is 6.32. The standard InChI is InChI=1S/C44H80O4/c1-3-5-7-9-11-13-14-15-16-17-18-19-20-21-22-23-29-33-37-41-44(47)48-42(38-34-30-26-12-10-8-6-4-2)39-35-31-27-24-25-28-32-36-40-43(45)46/h5,7,11,13,15-16,42H,3-4,6,8-10,12,14,17-41H2,1-2H3,(H,45,46)/b7-5-,13-11-,16-15-. The molecule has 280 valence electrons. The lowest BCUT2D eigenvalue weighted by molar-refractivity contribution is -0.150. The van der Waals surface area contributed by atoms with Crippen LogP contribution in [-0.4, -0.2) is 23.1 Å². The first-order valence-electron chi connectivity index (χ1n) is 21.0. The van der Waals surface area contributed by atoms with E-state index in [1.54, 1.807) is 0 Å². The summed E-state index contributed by atoms with van der Waals surface area (Å²) in [4.78, 5) is 23.3. The van der Waals surface area contributed by atoms with Crippen molar-refractivity contribution in [2.45, 2.75) is 232 Å². The van der Waals surface area contributed by atoms with E-state index in [2.05, 4.69) is 50.3 Å². The number of allylic oxidation sites excluding steroid dienone is 6. The van der Waals surface area contributed by atoms with Gasteiger partial charge in [-0.15, -0.1) is 0 Å².